The van der Waals surface area contributed by atoms with Gasteiger partial charge in [0.2, 0.25) is 5.95 Å². The molecule has 0 spiro atoms. The van der Waals surface area contributed by atoms with E-state index in [1.165, 1.54) is 0 Å². The SMILES string of the molecule is CCOC1CC(O)(CNc2nc(N)c3ccccc3n2)C1(C)C. The number of nitrogen functional groups attached to an aromatic ring is 1. The van der Waals surface area contributed by atoms with Gasteiger partial charge in [0.1, 0.15) is 5.82 Å². The molecule has 1 aliphatic carbocycles. The molecule has 1 heterocycles. The number of benzene rings is 1. The van der Waals surface area contributed by atoms with Crippen LogP contribution in [0.4, 0.5) is 11.8 Å². The first-order valence-electron chi connectivity index (χ1n) is 7.97. The molecule has 0 aliphatic heterocycles. The minimum atomic E-state index is -0.851. The first-order valence-corrected chi connectivity index (χ1v) is 7.97. The number of para-hydroxylation sites is 1. The van der Waals surface area contributed by atoms with Crippen molar-refractivity contribution in [1.82, 2.24) is 9.97 Å². The highest BCUT2D eigenvalue weighted by atomic mass is 16.5. The van der Waals surface area contributed by atoms with Crippen molar-refractivity contribution < 1.29 is 9.84 Å². The van der Waals surface area contributed by atoms with E-state index in [1.807, 2.05) is 45.0 Å². The summed E-state index contributed by atoms with van der Waals surface area (Å²) >= 11 is 0. The number of nitrogens with one attached hydrogen (secondary N) is 1. The molecule has 0 amide bonds. The van der Waals surface area contributed by atoms with Gasteiger partial charge in [-0.25, -0.2) is 4.98 Å². The fraction of sp³-hybridized carbons (Fsp3) is 0.529. The lowest BCUT2D eigenvalue weighted by atomic mass is 9.56. The van der Waals surface area contributed by atoms with Crippen molar-refractivity contribution in [2.75, 3.05) is 24.2 Å². The van der Waals surface area contributed by atoms with E-state index < -0.39 is 5.60 Å². The number of rotatable bonds is 5. The van der Waals surface area contributed by atoms with Crippen LogP contribution in [0.3, 0.4) is 0 Å². The molecule has 3 rings (SSSR count). The van der Waals surface area contributed by atoms with Gasteiger partial charge in [0.05, 0.1) is 17.2 Å². The van der Waals surface area contributed by atoms with Crippen LogP contribution in [0.15, 0.2) is 24.3 Å². The first-order chi connectivity index (χ1) is 10.9. The third kappa shape index (κ3) is 2.62. The minimum Gasteiger partial charge on any atom is -0.387 e. The second kappa shape index (κ2) is 5.62. The van der Waals surface area contributed by atoms with Crippen LogP contribution in [0, 0.1) is 5.41 Å². The van der Waals surface area contributed by atoms with Crippen LogP contribution in [0.5, 0.6) is 0 Å². The average Bonchev–Trinajstić information content (AvgIpc) is 2.53. The van der Waals surface area contributed by atoms with E-state index in [1.54, 1.807) is 0 Å². The predicted octanol–water partition coefficient (Wildman–Crippen LogP) is 2.19. The third-order valence-electron chi connectivity index (χ3n) is 5.07. The summed E-state index contributed by atoms with van der Waals surface area (Å²) in [4.78, 5) is 8.74. The lowest BCUT2D eigenvalue weighted by Crippen LogP contribution is -2.67. The van der Waals surface area contributed by atoms with Gasteiger partial charge in [-0.05, 0) is 19.1 Å². The Hall–Kier alpha value is -1.92. The van der Waals surface area contributed by atoms with Crippen LogP contribution >= 0.6 is 0 Å². The number of ether oxygens (including phenoxy) is 1. The van der Waals surface area contributed by atoms with E-state index in [0.29, 0.717) is 31.3 Å². The van der Waals surface area contributed by atoms with Crippen molar-refractivity contribution in [2.24, 2.45) is 5.41 Å². The van der Waals surface area contributed by atoms with Crippen LogP contribution in [0.25, 0.3) is 10.9 Å². The lowest BCUT2D eigenvalue weighted by molar-refractivity contribution is -0.233. The quantitative estimate of drug-likeness (QED) is 0.783. The molecule has 2 aromatic rings. The maximum Gasteiger partial charge on any atom is 0.225 e. The highest BCUT2D eigenvalue weighted by molar-refractivity contribution is 5.88. The number of fused-ring (bicyclic) bond motifs is 1. The van der Waals surface area contributed by atoms with E-state index >= 15 is 0 Å². The molecule has 1 aromatic carbocycles. The number of nitrogens with zero attached hydrogens (tertiary/aromatic N) is 2. The molecule has 1 aliphatic rings. The summed E-state index contributed by atoms with van der Waals surface area (Å²) in [5, 5.41) is 14.8. The Balaban J connectivity index is 1.74. The maximum absolute atomic E-state index is 10.8. The molecule has 1 fully saturated rings. The summed E-state index contributed by atoms with van der Waals surface area (Å²) < 4.78 is 5.68. The minimum absolute atomic E-state index is 0.0712. The fourth-order valence-corrected chi connectivity index (χ4v) is 3.17. The largest absolute Gasteiger partial charge is 0.387 e. The summed E-state index contributed by atoms with van der Waals surface area (Å²) in [5.41, 5.74) is 5.60. The van der Waals surface area contributed by atoms with Crippen molar-refractivity contribution in [2.45, 2.75) is 38.9 Å². The number of hydrogen-bond donors (Lipinski definition) is 3. The first kappa shape index (κ1) is 16.0. The van der Waals surface area contributed by atoms with Gasteiger partial charge in [0.25, 0.3) is 0 Å². The second-order valence-electron chi connectivity index (χ2n) is 6.70. The van der Waals surface area contributed by atoms with Gasteiger partial charge in [-0.3, -0.25) is 0 Å². The molecule has 0 saturated heterocycles. The summed E-state index contributed by atoms with van der Waals surface area (Å²) in [6, 6.07) is 7.60. The van der Waals surface area contributed by atoms with Crippen molar-refractivity contribution in [3.63, 3.8) is 0 Å². The fourth-order valence-electron chi connectivity index (χ4n) is 3.17. The van der Waals surface area contributed by atoms with E-state index in [-0.39, 0.29) is 11.5 Å². The summed E-state index contributed by atoms with van der Waals surface area (Å²) in [6.45, 7) is 7.03. The summed E-state index contributed by atoms with van der Waals surface area (Å²) in [6.07, 6.45) is 0.672. The van der Waals surface area contributed by atoms with E-state index in [2.05, 4.69) is 15.3 Å². The molecule has 2 unspecified atom stereocenters. The predicted molar refractivity (Wildman–Crippen MR) is 91.2 cm³/mol. The van der Waals surface area contributed by atoms with Gasteiger partial charge in [0.15, 0.2) is 0 Å². The zero-order valence-electron chi connectivity index (χ0n) is 13.8. The molecular formula is C17H24N4O2. The van der Waals surface area contributed by atoms with Gasteiger partial charge < -0.3 is 20.9 Å². The monoisotopic (exact) mass is 316 g/mol. The van der Waals surface area contributed by atoms with Crippen molar-refractivity contribution in [1.29, 1.82) is 0 Å². The molecule has 0 bridgehead atoms. The van der Waals surface area contributed by atoms with Gasteiger partial charge >= 0.3 is 0 Å². The smallest absolute Gasteiger partial charge is 0.225 e. The van der Waals surface area contributed by atoms with Crippen molar-refractivity contribution in [3.8, 4) is 0 Å². The Morgan fingerprint density at radius 3 is 2.78 bits per heavy atom. The van der Waals surface area contributed by atoms with Gasteiger partial charge in [-0.1, -0.05) is 26.0 Å². The van der Waals surface area contributed by atoms with Crippen LogP contribution in [-0.4, -0.2) is 39.9 Å². The third-order valence-corrected chi connectivity index (χ3v) is 5.07. The Morgan fingerprint density at radius 1 is 1.35 bits per heavy atom. The summed E-state index contributed by atoms with van der Waals surface area (Å²) in [7, 11) is 0. The molecule has 6 nitrogen and oxygen atoms in total. The zero-order chi connectivity index (χ0) is 16.7. The van der Waals surface area contributed by atoms with Crippen LogP contribution in [0.1, 0.15) is 27.2 Å². The molecule has 0 radical (unpaired) electrons. The summed E-state index contributed by atoms with van der Waals surface area (Å²) in [5.74, 6) is 0.871. The number of anilines is 2. The number of aliphatic hydroxyl groups is 1. The Bertz CT molecular complexity index is 719. The average molecular weight is 316 g/mol. The highest BCUT2D eigenvalue weighted by Crippen LogP contribution is 2.51. The highest BCUT2D eigenvalue weighted by Gasteiger charge is 2.59. The van der Waals surface area contributed by atoms with Gasteiger partial charge in [0, 0.05) is 30.4 Å². The van der Waals surface area contributed by atoms with E-state index in [4.69, 9.17) is 10.5 Å². The van der Waals surface area contributed by atoms with Crippen LogP contribution < -0.4 is 11.1 Å². The molecular weight excluding hydrogens is 292 g/mol. The molecule has 6 heteroatoms. The second-order valence-corrected chi connectivity index (χ2v) is 6.70. The molecule has 2 atom stereocenters. The maximum atomic E-state index is 10.8. The molecule has 4 N–H and O–H groups in total. The molecule has 1 saturated carbocycles. The van der Waals surface area contributed by atoms with Crippen LogP contribution in [-0.2, 0) is 4.74 Å². The van der Waals surface area contributed by atoms with Crippen molar-refractivity contribution >= 4 is 22.7 Å². The molecule has 23 heavy (non-hydrogen) atoms. The van der Waals surface area contributed by atoms with Crippen LogP contribution in [0.2, 0.25) is 0 Å². The van der Waals surface area contributed by atoms with Crippen molar-refractivity contribution in [3.05, 3.63) is 24.3 Å². The standard InChI is InChI=1S/C17H24N4O2/c1-4-23-13-9-17(22,16(13,2)3)10-19-15-20-12-8-6-5-7-11(12)14(18)21-15/h5-8,13,22H,4,9-10H2,1-3H3,(H3,18,19,20,21). The molecule has 124 valence electrons. The lowest BCUT2D eigenvalue weighted by Gasteiger charge is -2.57. The Morgan fingerprint density at radius 2 is 2.09 bits per heavy atom. The number of hydrogen-bond acceptors (Lipinski definition) is 6. The Kier molecular flexibility index (Phi) is 3.90. The molecule has 1 aromatic heterocycles. The zero-order valence-corrected chi connectivity index (χ0v) is 13.8. The van der Waals surface area contributed by atoms with Gasteiger partial charge in [-0.2, -0.15) is 4.98 Å². The number of nitrogens with two attached hydrogens (primary N) is 1. The number of aromatic nitrogens is 2. The van der Waals surface area contributed by atoms with E-state index in [9.17, 15) is 5.11 Å². The Labute approximate surface area is 136 Å². The topological polar surface area (TPSA) is 93.3 Å². The van der Waals surface area contributed by atoms with E-state index in [0.717, 1.165) is 10.9 Å². The van der Waals surface area contributed by atoms with Gasteiger partial charge in [-0.15, -0.1) is 0 Å². The normalized spacial score (nSPS) is 26.0.